The van der Waals surface area contributed by atoms with E-state index in [0.29, 0.717) is 13.1 Å². The smallest absolute Gasteiger partial charge is 0.231 e. The second-order valence-corrected chi connectivity index (χ2v) is 7.03. The normalized spacial score (nSPS) is 31.5. The van der Waals surface area contributed by atoms with Gasteiger partial charge in [0.25, 0.3) is 0 Å². The number of fused-ring (bicyclic) bond motifs is 1. The molecule has 0 saturated carbocycles. The molecule has 1 aromatic carbocycles. The predicted octanol–water partition coefficient (Wildman–Crippen LogP) is 2.20. The molecule has 1 spiro atoms. The number of nitrogens with zero attached hydrogens (tertiary/aromatic N) is 1. The molecule has 2 fully saturated rings. The lowest BCUT2D eigenvalue weighted by Crippen LogP contribution is -2.41. The number of carbonyl (C=O) groups excluding carboxylic acids is 2. The van der Waals surface area contributed by atoms with Crippen molar-refractivity contribution in [3.63, 3.8) is 0 Å². The topological polar surface area (TPSA) is 71.8 Å². The second-order valence-electron chi connectivity index (χ2n) is 7.03. The largest absolute Gasteiger partial charge is 0.467 e. The molecule has 0 aliphatic carbocycles. The fourth-order valence-corrected chi connectivity index (χ4v) is 4.35. The van der Waals surface area contributed by atoms with E-state index >= 15 is 0 Å². The van der Waals surface area contributed by atoms with Gasteiger partial charge in [-0.25, -0.2) is 0 Å². The van der Waals surface area contributed by atoms with Crippen molar-refractivity contribution in [2.24, 2.45) is 11.8 Å². The zero-order valence-corrected chi connectivity index (χ0v) is 14.0. The van der Waals surface area contributed by atoms with Gasteiger partial charge in [-0.2, -0.15) is 0 Å². The van der Waals surface area contributed by atoms with Gasteiger partial charge in [-0.05, 0) is 24.3 Å². The highest BCUT2D eigenvalue weighted by molar-refractivity contribution is 5.99. The van der Waals surface area contributed by atoms with Crippen LogP contribution < -0.4 is 5.32 Å². The van der Waals surface area contributed by atoms with Crippen LogP contribution in [0.25, 0.3) is 0 Å². The molecular weight excluding hydrogens is 332 g/mol. The van der Waals surface area contributed by atoms with Gasteiger partial charge in [0.2, 0.25) is 11.8 Å². The number of carbonyl (C=O) groups is 2. The predicted molar refractivity (Wildman–Crippen MR) is 92.9 cm³/mol. The molecule has 2 saturated heterocycles. The van der Waals surface area contributed by atoms with Crippen molar-refractivity contribution >= 4 is 17.5 Å². The van der Waals surface area contributed by atoms with E-state index in [0.717, 1.165) is 11.4 Å². The summed E-state index contributed by atoms with van der Waals surface area (Å²) in [5.41, 5.74) is 0.0173. The van der Waals surface area contributed by atoms with Crippen molar-refractivity contribution in [1.29, 1.82) is 0 Å². The van der Waals surface area contributed by atoms with Gasteiger partial charge in [0.05, 0.1) is 37.3 Å². The van der Waals surface area contributed by atoms with Crippen LogP contribution in [-0.2, 0) is 20.9 Å². The summed E-state index contributed by atoms with van der Waals surface area (Å²) >= 11 is 0. The maximum Gasteiger partial charge on any atom is 0.231 e. The maximum atomic E-state index is 13.1. The Balaban J connectivity index is 1.40. The molecular formula is C20H18N2O4. The fourth-order valence-electron chi connectivity index (χ4n) is 4.35. The molecule has 0 unspecified atom stereocenters. The Labute approximate surface area is 150 Å². The quantitative estimate of drug-likeness (QED) is 0.858. The molecule has 4 atom stereocenters. The van der Waals surface area contributed by atoms with Gasteiger partial charge < -0.3 is 19.4 Å². The van der Waals surface area contributed by atoms with Gasteiger partial charge >= 0.3 is 0 Å². The molecule has 1 N–H and O–H groups in total. The first kappa shape index (κ1) is 15.4. The van der Waals surface area contributed by atoms with Crippen LogP contribution in [-0.4, -0.2) is 35.0 Å². The standard InChI is InChI=1S/C20H18N2O4/c23-18(21-13-5-2-1-3-6-13)16-15-8-9-20(26-15)12-22(19(24)17(16)20)11-14-7-4-10-25-14/h1-10,15-17H,11-12H2,(H,21,23)/t15-,16-,17-,20+/m1/s1. The summed E-state index contributed by atoms with van der Waals surface area (Å²) in [5.74, 6) is -0.517. The summed E-state index contributed by atoms with van der Waals surface area (Å²) in [7, 11) is 0. The molecule has 1 aromatic heterocycles. The van der Waals surface area contributed by atoms with E-state index in [1.807, 2.05) is 48.6 Å². The summed E-state index contributed by atoms with van der Waals surface area (Å²) in [6, 6.07) is 12.9. The third-order valence-electron chi connectivity index (χ3n) is 5.45. The van der Waals surface area contributed by atoms with E-state index in [2.05, 4.69) is 5.32 Å². The number of para-hydroxylation sites is 1. The third-order valence-corrected chi connectivity index (χ3v) is 5.45. The Kier molecular flexibility index (Phi) is 3.30. The lowest BCUT2D eigenvalue weighted by Gasteiger charge is -2.23. The zero-order chi connectivity index (χ0) is 17.7. The van der Waals surface area contributed by atoms with Crippen molar-refractivity contribution in [2.75, 3.05) is 11.9 Å². The van der Waals surface area contributed by atoms with E-state index in [9.17, 15) is 9.59 Å². The lowest BCUT2D eigenvalue weighted by atomic mass is 9.77. The van der Waals surface area contributed by atoms with Crippen molar-refractivity contribution < 1.29 is 18.7 Å². The molecule has 0 radical (unpaired) electrons. The van der Waals surface area contributed by atoms with Crippen LogP contribution in [0, 0.1) is 11.8 Å². The van der Waals surface area contributed by atoms with E-state index in [-0.39, 0.29) is 17.9 Å². The highest BCUT2D eigenvalue weighted by atomic mass is 16.5. The number of amides is 2. The SMILES string of the molecule is O=C(Nc1ccccc1)[C@@H]1[C@H]2C=C[C@@]3(CN(Cc4ccco4)C(=O)[C@@H]13)O2. The van der Waals surface area contributed by atoms with Gasteiger partial charge in [0.15, 0.2) is 0 Å². The van der Waals surface area contributed by atoms with Crippen molar-refractivity contribution in [2.45, 2.75) is 18.2 Å². The molecule has 26 heavy (non-hydrogen) atoms. The van der Waals surface area contributed by atoms with Gasteiger partial charge in [-0.3, -0.25) is 9.59 Å². The minimum Gasteiger partial charge on any atom is -0.467 e. The minimum absolute atomic E-state index is 0.0542. The number of benzene rings is 1. The molecule has 3 aliphatic heterocycles. The lowest BCUT2D eigenvalue weighted by molar-refractivity contribution is -0.136. The Morgan fingerprint density at radius 3 is 2.85 bits per heavy atom. The summed E-state index contributed by atoms with van der Waals surface area (Å²) < 4.78 is 11.5. The van der Waals surface area contributed by atoms with Crippen LogP contribution >= 0.6 is 0 Å². The van der Waals surface area contributed by atoms with Crippen LogP contribution in [0.3, 0.4) is 0 Å². The van der Waals surface area contributed by atoms with E-state index in [1.165, 1.54) is 0 Å². The molecule has 5 rings (SSSR count). The third kappa shape index (κ3) is 2.22. The number of furan rings is 1. The minimum atomic E-state index is -0.701. The van der Waals surface area contributed by atoms with Gasteiger partial charge in [0.1, 0.15) is 11.4 Å². The maximum absolute atomic E-state index is 13.1. The number of hydrogen-bond acceptors (Lipinski definition) is 4. The number of nitrogens with one attached hydrogen (secondary N) is 1. The molecule has 6 heteroatoms. The van der Waals surface area contributed by atoms with Crippen LogP contribution in [0.15, 0.2) is 65.3 Å². The van der Waals surface area contributed by atoms with Crippen LogP contribution in [0.4, 0.5) is 5.69 Å². The second kappa shape index (κ2) is 5.57. The van der Waals surface area contributed by atoms with E-state index < -0.39 is 17.4 Å². The van der Waals surface area contributed by atoms with Gasteiger partial charge in [-0.15, -0.1) is 0 Å². The average Bonchev–Trinajstić information content (AvgIpc) is 3.39. The Morgan fingerprint density at radius 2 is 2.08 bits per heavy atom. The van der Waals surface area contributed by atoms with E-state index in [4.69, 9.17) is 9.15 Å². The number of hydrogen-bond donors (Lipinski definition) is 1. The summed E-state index contributed by atoms with van der Waals surface area (Å²) in [6.07, 6.45) is 5.11. The molecule has 132 valence electrons. The number of likely N-dealkylation sites (tertiary alicyclic amines) is 1. The first-order valence-electron chi connectivity index (χ1n) is 8.71. The van der Waals surface area contributed by atoms with Crippen molar-refractivity contribution in [1.82, 2.24) is 4.90 Å². The van der Waals surface area contributed by atoms with Gasteiger partial charge in [-0.1, -0.05) is 30.4 Å². The number of rotatable bonds is 4. The fraction of sp³-hybridized carbons (Fsp3) is 0.300. The average molecular weight is 350 g/mol. The number of ether oxygens (including phenoxy) is 1. The van der Waals surface area contributed by atoms with Crippen LogP contribution in [0.1, 0.15) is 5.76 Å². The number of anilines is 1. The highest BCUT2D eigenvalue weighted by Crippen LogP contribution is 2.52. The van der Waals surface area contributed by atoms with Crippen molar-refractivity contribution in [3.8, 4) is 0 Å². The molecule has 4 heterocycles. The first-order valence-corrected chi connectivity index (χ1v) is 8.71. The molecule has 3 aliphatic rings. The summed E-state index contributed by atoms with van der Waals surface area (Å²) in [6.45, 7) is 0.832. The molecule has 6 nitrogen and oxygen atoms in total. The Bertz CT molecular complexity index is 876. The monoisotopic (exact) mass is 350 g/mol. The Hall–Kier alpha value is -2.86. The van der Waals surface area contributed by atoms with Crippen molar-refractivity contribution in [3.05, 3.63) is 66.6 Å². The molecule has 2 amide bonds. The summed E-state index contributed by atoms with van der Waals surface area (Å²) in [5, 5.41) is 2.92. The zero-order valence-electron chi connectivity index (χ0n) is 14.0. The molecule has 2 bridgehead atoms. The van der Waals surface area contributed by atoms with Crippen LogP contribution in [0.5, 0.6) is 0 Å². The van der Waals surface area contributed by atoms with E-state index in [1.54, 1.807) is 17.2 Å². The Morgan fingerprint density at radius 1 is 1.23 bits per heavy atom. The first-order chi connectivity index (χ1) is 12.7. The van der Waals surface area contributed by atoms with Crippen LogP contribution in [0.2, 0.25) is 0 Å². The van der Waals surface area contributed by atoms with Gasteiger partial charge in [0, 0.05) is 5.69 Å². The molecule has 2 aromatic rings. The summed E-state index contributed by atoms with van der Waals surface area (Å²) in [4.78, 5) is 27.7. The highest BCUT2D eigenvalue weighted by Gasteiger charge is 2.66.